The van der Waals surface area contributed by atoms with E-state index in [1.165, 1.54) is 34.4 Å². The number of hydrogen-bond acceptors (Lipinski definition) is 6. The number of aromatic nitrogens is 1. The first-order valence-corrected chi connectivity index (χ1v) is 9.46. The van der Waals surface area contributed by atoms with Gasteiger partial charge in [0.1, 0.15) is 16.6 Å². The molecule has 3 rings (SSSR count). The van der Waals surface area contributed by atoms with Crippen LogP contribution in [0.3, 0.4) is 0 Å². The molecule has 0 fully saturated rings. The number of thiazole rings is 1. The number of amides is 1. The fourth-order valence-corrected chi connectivity index (χ4v) is 4.54. The van der Waals surface area contributed by atoms with Crippen LogP contribution < -0.4 is 10.9 Å². The van der Waals surface area contributed by atoms with Crippen LogP contribution in [0.4, 0.5) is 0 Å². The molecule has 1 aliphatic rings. The standard InChI is InChI=1S/C17H18N4OS2/c1-10-3-4-14-12(5-10)6-15(24-14)16(22)21-19-8-13(7-18)17-20-11(2)9-23-17/h6,8-10,19H,3-5H2,1-2H3,(H,21,22)/b13-8+/t10-/m1/s1. The average molecular weight is 358 g/mol. The van der Waals surface area contributed by atoms with E-state index in [4.69, 9.17) is 0 Å². The molecule has 0 radical (unpaired) electrons. The van der Waals surface area contributed by atoms with E-state index in [2.05, 4.69) is 28.8 Å². The Morgan fingerprint density at radius 2 is 2.38 bits per heavy atom. The minimum absolute atomic E-state index is 0.175. The number of fused-ring (bicyclic) bond motifs is 1. The van der Waals surface area contributed by atoms with Gasteiger partial charge in [0.25, 0.3) is 5.91 Å². The zero-order valence-corrected chi connectivity index (χ0v) is 15.2. The number of hydrogen-bond donors (Lipinski definition) is 2. The van der Waals surface area contributed by atoms with E-state index in [0.29, 0.717) is 21.4 Å². The zero-order valence-electron chi connectivity index (χ0n) is 13.5. The van der Waals surface area contributed by atoms with Crippen molar-refractivity contribution in [1.82, 2.24) is 15.8 Å². The van der Waals surface area contributed by atoms with Crippen molar-refractivity contribution in [3.8, 4) is 6.07 Å². The maximum atomic E-state index is 12.3. The van der Waals surface area contributed by atoms with Crippen molar-refractivity contribution in [2.24, 2.45) is 5.92 Å². The topological polar surface area (TPSA) is 77.8 Å². The number of nitrogens with one attached hydrogen (secondary N) is 2. The first kappa shape index (κ1) is 16.7. The normalized spacial score (nSPS) is 17.0. The summed E-state index contributed by atoms with van der Waals surface area (Å²) in [6.45, 7) is 4.13. The second-order valence-electron chi connectivity index (χ2n) is 5.97. The minimum Gasteiger partial charge on any atom is -0.304 e. The average Bonchev–Trinajstić information content (AvgIpc) is 3.17. The van der Waals surface area contributed by atoms with E-state index in [9.17, 15) is 10.1 Å². The lowest BCUT2D eigenvalue weighted by Crippen LogP contribution is -2.33. The molecule has 24 heavy (non-hydrogen) atoms. The van der Waals surface area contributed by atoms with Crippen molar-refractivity contribution >= 4 is 34.2 Å². The predicted octanol–water partition coefficient (Wildman–Crippen LogP) is 3.44. The van der Waals surface area contributed by atoms with Gasteiger partial charge in [-0.15, -0.1) is 22.7 Å². The molecule has 0 bridgehead atoms. The lowest BCUT2D eigenvalue weighted by atomic mass is 9.90. The lowest BCUT2D eigenvalue weighted by molar-refractivity contribution is 0.0945. The quantitative estimate of drug-likeness (QED) is 0.648. The van der Waals surface area contributed by atoms with E-state index in [1.54, 1.807) is 11.3 Å². The van der Waals surface area contributed by atoms with Crippen molar-refractivity contribution in [3.05, 3.63) is 43.7 Å². The second kappa shape index (κ2) is 7.16. The van der Waals surface area contributed by atoms with Crippen LogP contribution in [0.5, 0.6) is 0 Å². The molecule has 2 heterocycles. The zero-order chi connectivity index (χ0) is 17.1. The highest BCUT2D eigenvalue weighted by Gasteiger charge is 2.20. The molecule has 0 spiro atoms. The van der Waals surface area contributed by atoms with Crippen LogP contribution in [0.25, 0.3) is 5.57 Å². The first-order chi connectivity index (χ1) is 11.6. The molecule has 0 saturated heterocycles. The summed E-state index contributed by atoms with van der Waals surface area (Å²) in [6.07, 6.45) is 4.78. The number of allylic oxidation sites excluding steroid dienone is 1. The molecular weight excluding hydrogens is 340 g/mol. The Balaban J connectivity index is 1.63. The summed E-state index contributed by atoms with van der Waals surface area (Å²) in [4.78, 5) is 18.6. The number of rotatable bonds is 4. The molecule has 1 aliphatic carbocycles. The number of carbonyl (C=O) groups excluding carboxylic acids is 1. The smallest absolute Gasteiger partial charge is 0.279 e. The Morgan fingerprint density at radius 3 is 3.08 bits per heavy atom. The van der Waals surface area contributed by atoms with Crippen molar-refractivity contribution in [2.75, 3.05) is 0 Å². The largest absolute Gasteiger partial charge is 0.304 e. The molecule has 0 saturated carbocycles. The van der Waals surface area contributed by atoms with E-state index in [0.717, 1.165) is 18.5 Å². The first-order valence-electron chi connectivity index (χ1n) is 7.77. The third-order valence-corrected chi connectivity index (χ3v) is 6.15. The number of aryl methyl sites for hydroxylation is 2. The van der Waals surface area contributed by atoms with Crippen LogP contribution in [0.15, 0.2) is 17.6 Å². The Bertz CT molecular complexity index is 828. The van der Waals surface area contributed by atoms with Gasteiger partial charge in [-0.25, -0.2) is 4.98 Å². The van der Waals surface area contributed by atoms with Crippen LogP contribution in [0.2, 0.25) is 0 Å². The number of hydrazine groups is 1. The molecule has 124 valence electrons. The second-order valence-corrected chi connectivity index (χ2v) is 7.96. The van der Waals surface area contributed by atoms with Crippen LogP contribution in [0, 0.1) is 24.2 Å². The molecule has 0 aliphatic heterocycles. The molecule has 2 N–H and O–H groups in total. The Hall–Kier alpha value is -2.17. The van der Waals surface area contributed by atoms with Crippen LogP contribution in [-0.4, -0.2) is 10.9 Å². The molecule has 0 unspecified atom stereocenters. The summed E-state index contributed by atoms with van der Waals surface area (Å²) < 4.78 is 0. The lowest BCUT2D eigenvalue weighted by Gasteiger charge is -2.16. The van der Waals surface area contributed by atoms with Crippen LogP contribution in [0.1, 0.15) is 44.2 Å². The highest BCUT2D eigenvalue weighted by molar-refractivity contribution is 7.14. The van der Waals surface area contributed by atoms with Gasteiger partial charge < -0.3 is 5.43 Å². The monoisotopic (exact) mass is 358 g/mol. The Morgan fingerprint density at radius 1 is 1.54 bits per heavy atom. The molecule has 0 aromatic carbocycles. The van der Waals surface area contributed by atoms with E-state index in [1.807, 2.05) is 18.4 Å². The van der Waals surface area contributed by atoms with Gasteiger partial charge in [-0.3, -0.25) is 10.2 Å². The number of nitrogens with zero attached hydrogens (tertiary/aromatic N) is 2. The van der Waals surface area contributed by atoms with E-state index in [-0.39, 0.29) is 5.91 Å². The van der Waals surface area contributed by atoms with Gasteiger partial charge in [0, 0.05) is 22.2 Å². The highest BCUT2D eigenvalue weighted by Crippen LogP contribution is 2.32. The van der Waals surface area contributed by atoms with Gasteiger partial charge in [-0.2, -0.15) is 5.26 Å². The third-order valence-electron chi connectivity index (χ3n) is 3.93. The molecular formula is C17H18N4OS2. The van der Waals surface area contributed by atoms with Crippen LogP contribution >= 0.6 is 22.7 Å². The number of thiophene rings is 1. The summed E-state index contributed by atoms with van der Waals surface area (Å²) in [5, 5.41) is 11.7. The molecule has 2 aromatic rings. The molecule has 1 amide bonds. The Labute approximate surface area is 149 Å². The van der Waals surface area contributed by atoms with Gasteiger partial charge in [0.05, 0.1) is 4.88 Å². The molecule has 7 heteroatoms. The SMILES string of the molecule is Cc1csc(/C(C#N)=C/NNC(=O)c2cc3c(s2)CC[C@@H](C)C3)n1. The summed E-state index contributed by atoms with van der Waals surface area (Å²) in [5.41, 5.74) is 7.92. The maximum absolute atomic E-state index is 12.3. The van der Waals surface area contributed by atoms with E-state index < -0.39 is 0 Å². The van der Waals surface area contributed by atoms with Gasteiger partial charge in [-0.1, -0.05) is 6.92 Å². The molecule has 5 nitrogen and oxygen atoms in total. The van der Waals surface area contributed by atoms with Gasteiger partial charge in [-0.05, 0) is 43.7 Å². The van der Waals surface area contributed by atoms with Crippen molar-refractivity contribution in [1.29, 1.82) is 5.26 Å². The van der Waals surface area contributed by atoms with Crippen molar-refractivity contribution < 1.29 is 4.79 Å². The Kier molecular flexibility index (Phi) is 4.97. The highest BCUT2D eigenvalue weighted by atomic mass is 32.1. The van der Waals surface area contributed by atoms with Gasteiger partial charge in [0.2, 0.25) is 0 Å². The van der Waals surface area contributed by atoms with Crippen molar-refractivity contribution in [3.63, 3.8) is 0 Å². The molecule has 1 atom stereocenters. The number of carbonyl (C=O) groups is 1. The van der Waals surface area contributed by atoms with Crippen LogP contribution in [-0.2, 0) is 12.8 Å². The minimum atomic E-state index is -0.175. The summed E-state index contributed by atoms with van der Waals surface area (Å²) in [5.74, 6) is 0.509. The fraction of sp³-hybridized carbons (Fsp3) is 0.353. The number of nitriles is 1. The molecule has 2 aromatic heterocycles. The third kappa shape index (κ3) is 3.66. The maximum Gasteiger partial charge on any atom is 0.279 e. The summed E-state index contributed by atoms with van der Waals surface area (Å²) >= 11 is 2.96. The fourth-order valence-electron chi connectivity index (χ4n) is 2.67. The van der Waals surface area contributed by atoms with Crippen molar-refractivity contribution in [2.45, 2.75) is 33.1 Å². The summed E-state index contributed by atoms with van der Waals surface area (Å²) in [6, 6.07) is 4.08. The predicted molar refractivity (Wildman–Crippen MR) is 96.6 cm³/mol. The van der Waals surface area contributed by atoms with E-state index >= 15 is 0 Å². The van der Waals surface area contributed by atoms with Gasteiger partial charge >= 0.3 is 0 Å². The summed E-state index contributed by atoms with van der Waals surface area (Å²) in [7, 11) is 0. The van der Waals surface area contributed by atoms with Gasteiger partial charge in [0.15, 0.2) is 0 Å².